The van der Waals surface area contributed by atoms with Crippen molar-refractivity contribution in [1.82, 2.24) is 15.3 Å². The van der Waals surface area contributed by atoms with Gasteiger partial charge in [0, 0.05) is 11.8 Å². The van der Waals surface area contributed by atoms with Crippen LogP contribution in [0.15, 0.2) is 41.6 Å². The van der Waals surface area contributed by atoms with Crippen LogP contribution in [0, 0.1) is 23.2 Å². The van der Waals surface area contributed by atoms with Gasteiger partial charge in [-0.2, -0.15) is 0 Å². The molecule has 11 heteroatoms. The van der Waals surface area contributed by atoms with Crippen LogP contribution in [0.25, 0.3) is 0 Å². The van der Waals surface area contributed by atoms with Crippen LogP contribution >= 0.6 is 12.2 Å². The molecule has 4 bridgehead atoms. The van der Waals surface area contributed by atoms with Crippen molar-refractivity contribution >= 4 is 44.8 Å². The molecule has 0 atom stereocenters. The fourth-order valence-corrected chi connectivity index (χ4v) is 7.42. The van der Waals surface area contributed by atoms with E-state index < -0.39 is 10.0 Å². The molecule has 0 unspecified atom stereocenters. The molecule has 2 aromatic rings. The zero-order valence-corrected chi connectivity index (χ0v) is 20.4. The Morgan fingerprint density at radius 1 is 1.06 bits per heavy atom. The molecule has 1 aromatic carbocycles. The molecule has 34 heavy (non-hydrogen) atoms. The largest absolute Gasteiger partial charge is 0.481 e. The summed E-state index contributed by atoms with van der Waals surface area (Å²) in [7, 11) is -2.42. The van der Waals surface area contributed by atoms with Gasteiger partial charge in [0.25, 0.3) is 10.0 Å². The monoisotopic (exact) mass is 501 g/mol. The van der Waals surface area contributed by atoms with Crippen molar-refractivity contribution in [2.75, 3.05) is 17.1 Å². The van der Waals surface area contributed by atoms with E-state index in [1.165, 1.54) is 50.9 Å². The van der Waals surface area contributed by atoms with Gasteiger partial charge in [0.15, 0.2) is 5.11 Å². The Hall–Kier alpha value is -2.79. The van der Waals surface area contributed by atoms with Crippen molar-refractivity contribution in [3.63, 3.8) is 0 Å². The second kappa shape index (κ2) is 8.77. The molecular formula is C23H27N5O4S2. The average molecular weight is 502 g/mol. The number of carbonyl (C=O) groups is 1. The molecule has 3 N–H and O–H groups in total. The van der Waals surface area contributed by atoms with Crippen LogP contribution in [-0.2, 0) is 14.8 Å². The molecule has 0 spiro atoms. The predicted octanol–water partition coefficient (Wildman–Crippen LogP) is 3.32. The van der Waals surface area contributed by atoms with Gasteiger partial charge in [-0.3, -0.25) is 9.52 Å². The molecule has 4 fully saturated rings. The summed E-state index contributed by atoms with van der Waals surface area (Å²) >= 11 is 5.38. The molecule has 1 amide bonds. The number of hydrogen-bond donors (Lipinski definition) is 3. The number of carbonyl (C=O) groups excluding carboxylic acids is 1. The molecule has 9 nitrogen and oxygen atoms in total. The molecular weight excluding hydrogens is 474 g/mol. The van der Waals surface area contributed by atoms with Crippen molar-refractivity contribution in [2.45, 2.75) is 43.4 Å². The lowest BCUT2D eigenvalue weighted by molar-refractivity contribution is -0.144. The van der Waals surface area contributed by atoms with Gasteiger partial charge in [0.1, 0.15) is 12.1 Å². The number of amides is 1. The number of anilines is 2. The van der Waals surface area contributed by atoms with Crippen LogP contribution < -0.4 is 20.1 Å². The normalized spacial score (nSPS) is 27.1. The lowest BCUT2D eigenvalue weighted by atomic mass is 9.49. The topological polar surface area (TPSA) is 122 Å². The van der Waals surface area contributed by atoms with Crippen LogP contribution in [0.5, 0.6) is 5.88 Å². The quantitative estimate of drug-likeness (QED) is 0.516. The van der Waals surface area contributed by atoms with E-state index in [9.17, 15) is 13.2 Å². The van der Waals surface area contributed by atoms with Gasteiger partial charge in [0.2, 0.25) is 11.8 Å². The summed E-state index contributed by atoms with van der Waals surface area (Å²) in [5, 5.41) is 6.12. The number of rotatable bonds is 6. The lowest BCUT2D eigenvalue weighted by Crippen LogP contribution is -2.55. The second-order valence-electron chi connectivity index (χ2n) is 9.68. The Morgan fingerprint density at radius 2 is 1.68 bits per heavy atom. The van der Waals surface area contributed by atoms with Crippen LogP contribution in [-0.4, -0.2) is 36.5 Å². The Morgan fingerprint density at radius 3 is 2.26 bits per heavy atom. The van der Waals surface area contributed by atoms with E-state index in [0.717, 1.165) is 19.3 Å². The van der Waals surface area contributed by atoms with E-state index in [1.54, 1.807) is 12.1 Å². The third-order valence-corrected chi connectivity index (χ3v) is 8.83. The minimum atomic E-state index is -3.85. The molecule has 4 aliphatic carbocycles. The third-order valence-electron chi connectivity index (χ3n) is 7.26. The summed E-state index contributed by atoms with van der Waals surface area (Å²) < 4.78 is 32.7. The Bertz CT molecular complexity index is 1180. The molecule has 4 saturated carbocycles. The number of ether oxygens (including phenoxy) is 1. The number of nitrogens with one attached hydrogen (secondary N) is 3. The van der Waals surface area contributed by atoms with Crippen LogP contribution in [0.2, 0.25) is 0 Å². The Kier molecular flexibility index (Phi) is 5.93. The molecule has 180 valence electrons. The van der Waals surface area contributed by atoms with Crippen molar-refractivity contribution in [3.8, 4) is 5.88 Å². The predicted molar refractivity (Wildman–Crippen MR) is 131 cm³/mol. The number of nitrogens with zero attached hydrogens (tertiary/aromatic N) is 2. The fraction of sp³-hybridized carbons (Fsp3) is 0.478. The summed E-state index contributed by atoms with van der Waals surface area (Å²) in [6.45, 7) is 0. The zero-order valence-electron chi connectivity index (χ0n) is 18.8. The molecule has 0 radical (unpaired) electrons. The van der Waals surface area contributed by atoms with Crippen molar-refractivity contribution in [1.29, 1.82) is 0 Å². The minimum absolute atomic E-state index is 0.0211. The van der Waals surface area contributed by atoms with Gasteiger partial charge < -0.3 is 15.4 Å². The maximum absolute atomic E-state index is 13.2. The summed E-state index contributed by atoms with van der Waals surface area (Å²) in [5.41, 5.74) is 0.298. The summed E-state index contributed by atoms with van der Waals surface area (Å²) in [6, 6.07) is 7.48. The van der Waals surface area contributed by atoms with Crippen LogP contribution in [0.4, 0.5) is 11.5 Å². The molecule has 4 aliphatic rings. The van der Waals surface area contributed by atoms with Gasteiger partial charge in [-0.15, -0.1) is 0 Å². The van der Waals surface area contributed by atoms with E-state index in [-0.39, 0.29) is 33.0 Å². The molecule has 1 heterocycles. The summed E-state index contributed by atoms with van der Waals surface area (Å²) in [6.07, 6.45) is 7.91. The van der Waals surface area contributed by atoms with E-state index in [0.29, 0.717) is 23.4 Å². The smallest absolute Gasteiger partial charge is 0.263 e. The van der Waals surface area contributed by atoms with E-state index in [4.69, 9.17) is 17.0 Å². The molecule has 0 aliphatic heterocycles. The fourth-order valence-electron chi connectivity index (χ4n) is 6.21. The first-order valence-electron chi connectivity index (χ1n) is 11.4. The standard InChI is InChI=1S/C23H27N5O4S2/c1-32-20-9-19(24-13-25-20)28-34(30,31)18-4-2-17(3-5-18)26-22(33)27-21(29)23-10-14-6-15(11-23)8-16(7-14)12-23/h2-5,9,13-16H,6-8,10-12H2,1H3,(H,24,25,28)(H2,26,27,29,33). The van der Waals surface area contributed by atoms with E-state index in [1.807, 2.05) is 0 Å². The molecule has 6 rings (SSSR count). The van der Waals surface area contributed by atoms with Crippen LogP contribution in [0.3, 0.4) is 0 Å². The zero-order chi connectivity index (χ0) is 23.9. The first kappa shape index (κ1) is 23.0. The van der Waals surface area contributed by atoms with Crippen molar-refractivity contribution in [3.05, 3.63) is 36.7 Å². The summed E-state index contributed by atoms with van der Waals surface area (Å²) in [4.78, 5) is 21.0. The Labute approximate surface area is 204 Å². The average Bonchev–Trinajstić information content (AvgIpc) is 2.78. The number of hydrogen-bond acceptors (Lipinski definition) is 7. The van der Waals surface area contributed by atoms with Crippen molar-refractivity contribution < 1.29 is 17.9 Å². The van der Waals surface area contributed by atoms with Crippen LogP contribution in [0.1, 0.15) is 38.5 Å². The maximum atomic E-state index is 13.2. The molecule has 1 aromatic heterocycles. The Balaban J connectivity index is 1.20. The second-order valence-corrected chi connectivity index (χ2v) is 11.8. The first-order chi connectivity index (χ1) is 16.2. The minimum Gasteiger partial charge on any atom is -0.481 e. The van der Waals surface area contributed by atoms with Gasteiger partial charge in [-0.25, -0.2) is 18.4 Å². The highest BCUT2D eigenvalue weighted by Gasteiger charge is 2.54. The molecule has 0 saturated heterocycles. The SMILES string of the molecule is COc1cc(NS(=O)(=O)c2ccc(NC(=S)NC(=O)C34CC5CC(CC(C5)C3)C4)cc2)ncn1. The number of sulfonamides is 1. The number of benzene rings is 1. The third kappa shape index (κ3) is 4.58. The highest BCUT2D eigenvalue weighted by atomic mass is 32.2. The van der Waals surface area contributed by atoms with Gasteiger partial charge in [-0.05, 0) is 92.8 Å². The van der Waals surface area contributed by atoms with Gasteiger partial charge in [-0.1, -0.05) is 0 Å². The van der Waals surface area contributed by atoms with E-state index in [2.05, 4.69) is 25.3 Å². The number of aromatic nitrogens is 2. The highest BCUT2D eigenvalue weighted by molar-refractivity contribution is 7.92. The van der Waals surface area contributed by atoms with E-state index >= 15 is 0 Å². The van der Waals surface area contributed by atoms with Gasteiger partial charge >= 0.3 is 0 Å². The highest BCUT2D eigenvalue weighted by Crippen LogP contribution is 2.60. The first-order valence-corrected chi connectivity index (χ1v) is 13.3. The lowest BCUT2D eigenvalue weighted by Gasteiger charge is -2.55. The van der Waals surface area contributed by atoms with Crippen molar-refractivity contribution in [2.24, 2.45) is 23.2 Å². The number of thiocarbonyl (C=S) groups is 1. The maximum Gasteiger partial charge on any atom is 0.263 e. The summed E-state index contributed by atoms with van der Waals surface area (Å²) in [5.74, 6) is 2.38. The number of methoxy groups -OCH3 is 1. The van der Waals surface area contributed by atoms with Gasteiger partial charge in [0.05, 0.1) is 17.4 Å².